The number of amidine groups is 1. The topological polar surface area (TPSA) is 61.1 Å². The molecular weight excluding hydrogens is 847 g/mol. The SMILES string of the molecule is CC1CC=CC=C1C1=NC(C2=CCCC=C2)N(C)C(c2cc(-n3c4c(c5ccccc53)C3SC5=C(CCCC5)C3C=N4)cnc2N2C3=CCCC=C3C3C4SC5C=CC=CC5C4C=CC32)N1. The summed E-state index contributed by atoms with van der Waals surface area (Å²) in [7, 11) is 2.27. The second-order valence-corrected chi connectivity index (χ2v) is 22.8. The first-order chi connectivity index (χ1) is 32.6. The highest BCUT2D eigenvalue weighted by Gasteiger charge is 2.55. The zero-order valence-electron chi connectivity index (χ0n) is 37.8. The number of allylic oxidation sites excluding steroid dienone is 14. The molecule has 14 rings (SSSR count). The van der Waals surface area contributed by atoms with Crippen molar-refractivity contribution in [3.05, 3.63) is 166 Å². The van der Waals surface area contributed by atoms with Crippen LogP contribution in [-0.4, -0.2) is 56.3 Å². The summed E-state index contributed by atoms with van der Waals surface area (Å²) in [5.41, 5.74) is 11.9. The Balaban J connectivity index is 0.959. The van der Waals surface area contributed by atoms with Crippen molar-refractivity contribution in [1.29, 1.82) is 0 Å². The summed E-state index contributed by atoms with van der Waals surface area (Å²) in [6, 6.07) is 11.7. The van der Waals surface area contributed by atoms with Gasteiger partial charge in [0.2, 0.25) is 0 Å². The quantitative estimate of drug-likeness (QED) is 0.257. The highest BCUT2D eigenvalue weighted by molar-refractivity contribution is 8.03. The van der Waals surface area contributed by atoms with Gasteiger partial charge in [0, 0.05) is 56.0 Å². The van der Waals surface area contributed by atoms with E-state index in [2.05, 4.69) is 185 Å². The lowest BCUT2D eigenvalue weighted by Crippen LogP contribution is -2.51. The van der Waals surface area contributed by atoms with Gasteiger partial charge in [0.1, 0.15) is 29.8 Å². The number of fused-ring (bicyclic) bond motifs is 13. The number of thioether (sulfide) groups is 2. The maximum absolute atomic E-state index is 5.79. The lowest BCUT2D eigenvalue weighted by Gasteiger charge is -2.42. The van der Waals surface area contributed by atoms with Crippen LogP contribution in [0.1, 0.15) is 87.3 Å². The number of pyridine rings is 1. The third-order valence-corrected chi connectivity index (χ3v) is 19.8. The first-order valence-electron chi connectivity index (χ1n) is 24.8. The summed E-state index contributed by atoms with van der Waals surface area (Å²) in [5, 5.41) is 6.84. The predicted octanol–water partition coefficient (Wildman–Crippen LogP) is 12.9. The van der Waals surface area contributed by atoms with Gasteiger partial charge < -0.3 is 10.2 Å². The van der Waals surface area contributed by atoms with Crippen LogP contribution in [0, 0.1) is 29.6 Å². The Kier molecular flexibility index (Phi) is 9.55. The second-order valence-electron chi connectivity index (χ2n) is 20.2. The van der Waals surface area contributed by atoms with Crippen molar-refractivity contribution in [2.75, 3.05) is 11.9 Å². The third kappa shape index (κ3) is 6.04. The van der Waals surface area contributed by atoms with E-state index in [0.717, 1.165) is 55.3 Å². The van der Waals surface area contributed by atoms with E-state index in [1.165, 1.54) is 70.1 Å². The van der Waals surface area contributed by atoms with Crippen LogP contribution in [0.4, 0.5) is 11.6 Å². The van der Waals surface area contributed by atoms with Crippen LogP contribution >= 0.6 is 23.5 Å². The Hall–Kier alpha value is -5.09. The predicted molar refractivity (Wildman–Crippen MR) is 276 cm³/mol. The zero-order valence-corrected chi connectivity index (χ0v) is 39.5. The average molecular weight is 904 g/mol. The van der Waals surface area contributed by atoms with Gasteiger partial charge in [-0.1, -0.05) is 116 Å². The molecule has 0 saturated carbocycles. The van der Waals surface area contributed by atoms with E-state index in [4.69, 9.17) is 15.0 Å². The van der Waals surface area contributed by atoms with Crippen LogP contribution in [-0.2, 0) is 0 Å². The molecule has 3 aromatic rings. The van der Waals surface area contributed by atoms with Gasteiger partial charge >= 0.3 is 0 Å². The molecule has 1 aromatic carbocycles. The summed E-state index contributed by atoms with van der Waals surface area (Å²) >= 11 is 4.34. The molecule has 7 nitrogen and oxygen atoms in total. The van der Waals surface area contributed by atoms with Gasteiger partial charge in [-0.2, -0.15) is 0 Å². The smallest absolute Gasteiger partial charge is 0.142 e. The second kappa shape index (κ2) is 15.7. The molecular formula is C57H57N7S2. The molecule has 0 radical (unpaired) electrons. The maximum atomic E-state index is 5.79. The van der Waals surface area contributed by atoms with E-state index >= 15 is 0 Å². The van der Waals surface area contributed by atoms with Gasteiger partial charge in [-0.05, 0) is 116 Å². The van der Waals surface area contributed by atoms with Gasteiger partial charge in [0.05, 0.1) is 23.4 Å². The van der Waals surface area contributed by atoms with Crippen molar-refractivity contribution in [3.63, 3.8) is 0 Å². The summed E-state index contributed by atoms with van der Waals surface area (Å²) in [6.45, 7) is 2.34. The van der Waals surface area contributed by atoms with Crippen molar-refractivity contribution >= 4 is 58.1 Å². The third-order valence-electron chi connectivity index (χ3n) is 16.6. The Labute approximate surface area is 397 Å². The number of likely N-dealkylation sites (N-methyl/N-ethyl adjacent to an activating group) is 1. The molecule has 5 aliphatic heterocycles. The molecule has 9 heteroatoms. The van der Waals surface area contributed by atoms with Gasteiger partial charge in [-0.15, -0.1) is 23.5 Å². The van der Waals surface area contributed by atoms with Crippen LogP contribution in [0.2, 0.25) is 0 Å². The Morgan fingerprint density at radius 2 is 1.77 bits per heavy atom. The number of nitrogens with one attached hydrogen (secondary N) is 1. The number of anilines is 1. The minimum Gasteiger partial charge on any atom is -0.350 e. The molecule has 0 bridgehead atoms. The van der Waals surface area contributed by atoms with Crippen molar-refractivity contribution in [2.24, 2.45) is 39.6 Å². The molecule has 11 atom stereocenters. The number of hydrogen-bond donors (Lipinski definition) is 1. The zero-order chi connectivity index (χ0) is 43.6. The Morgan fingerprint density at radius 3 is 2.70 bits per heavy atom. The molecule has 7 heterocycles. The summed E-state index contributed by atoms with van der Waals surface area (Å²) in [4.78, 5) is 23.6. The van der Waals surface area contributed by atoms with Crippen LogP contribution in [0.15, 0.2) is 164 Å². The lowest BCUT2D eigenvalue weighted by atomic mass is 9.73. The van der Waals surface area contributed by atoms with E-state index in [-0.39, 0.29) is 18.4 Å². The summed E-state index contributed by atoms with van der Waals surface area (Å²) in [6.07, 6.45) is 48.0. The number of hydrogen-bond acceptors (Lipinski definition) is 8. The van der Waals surface area contributed by atoms with Crippen molar-refractivity contribution in [2.45, 2.75) is 98.8 Å². The van der Waals surface area contributed by atoms with Crippen LogP contribution in [0.3, 0.4) is 0 Å². The van der Waals surface area contributed by atoms with E-state index in [1.54, 1.807) is 10.5 Å². The molecule has 2 fully saturated rings. The molecule has 6 aliphatic carbocycles. The first kappa shape index (κ1) is 40.0. The molecule has 0 spiro atoms. The van der Waals surface area contributed by atoms with Crippen LogP contribution < -0.4 is 10.2 Å². The number of nitrogens with zero attached hydrogens (tertiary/aromatic N) is 6. The maximum Gasteiger partial charge on any atom is 0.142 e. The standard InChI is InChI=1S/C57H57N7S2/c1-33-16-6-7-19-36(33)53-60-54(34-17-4-3-5-18-34)62(2)56(61-53)42-30-35(63-44-24-12-9-23-41(44)50-52-43(32-59-57(50)63)38-21-11-15-27-48(38)66-52)31-58-55(42)64-45-25-13-8-22-40(45)49-46(64)29-28-39-37-20-10-14-26-47(37)65-51(39)49/h4,6-7,9-10,12,14,17-20,22-26,28-33,37,39,43,46-47,49,51-52,54,56H,3,5,8,11,13,15-16,21,27H2,1-2H3,(H,60,61). The first-order valence-corrected chi connectivity index (χ1v) is 26.7. The average Bonchev–Trinajstić information content (AvgIpc) is 4.12. The number of para-hydroxylation sites is 1. The summed E-state index contributed by atoms with van der Waals surface area (Å²) in [5.74, 6) is 5.29. The van der Waals surface area contributed by atoms with Gasteiger partial charge in [0.25, 0.3) is 0 Å². The molecule has 0 amide bonds. The van der Waals surface area contributed by atoms with E-state index < -0.39 is 0 Å². The molecule has 2 aromatic heterocycles. The molecule has 11 aliphatic rings. The van der Waals surface area contributed by atoms with E-state index in [1.807, 2.05) is 0 Å². The molecule has 1 N–H and O–H groups in total. The largest absolute Gasteiger partial charge is 0.350 e. The minimum absolute atomic E-state index is 0.150. The number of aromatic nitrogens is 2. The highest BCUT2D eigenvalue weighted by atomic mass is 32.2. The lowest BCUT2D eigenvalue weighted by molar-refractivity contribution is 0.174. The van der Waals surface area contributed by atoms with E-state index in [0.29, 0.717) is 45.3 Å². The van der Waals surface area contributed by atoms with Crippen molar-refractivity contribution in [1.82, 2.24) is 19.8 Å². The van der Waals surface area contributed by atoms with Gasteiger partial charge in [-0.25, -0.2) is 15.0 Å². The van der Waals surface area contributed by atoms with Gasteiger partial charge in [0.15, 0.2) is 0 Å². The monoisotopic (exact) mass is 903 g/mol. The number of rotatable bonds is 5. The number of benzene rings is 1. The molecule has 332 valence electrons. The van der Waals surface area contributed by atoms with Crippen LogP contribution in [0.5, 0.6) is 0 Å². The molecule has 66 heavy (non-hydrogen) atoms. The van der Waals surface area contributed by atoms with Gasteiger partial charge in [-0.3, -0.25) is 9.47 Å². The Morgan fingerprint density at radius 1 is 0.879 bits per heavy atom. The molecule has 2 saturated heterocycles. The fourth-order valence-corrected chi connectivity index (χ4v) is 17.1. The van der Waals surface area contributed by atoms with Crippen LogP contribution in [0.25, 0.3) is 16.6 Å². The van der Waals surface area contributed by atoms with Crippen molar-refractivity contribution in [3.8, 4) is 5.69 Å². The number of aliphatic imine (C=N–C) groups is 2. The highest BCUT2D eigenvalue weighted by Crippen LogP contribution is 2.62. The Bertz CT molecular complexity index is 2970. The van der Waals surface area contributed by atoms with Crippen molar-refractivity contribution < 1.29 is 0 Å². The fraction of sp³-hybridized carbons (Fsp3) is 0.386. The summed E-state index contributed by atoms with van der Waals surface area (Å²) < 4.78 is 2.44. The minimum atomic E-state index is -0.220. The molecule has 11 unspecified atom stereocenters. The van der Waals surface area contributed by atoms with E-state index in [9.17, 15) is 0 Å². The normalized spacial score (nSPS) is 34.7. The fourth-order valence-electron chi connectivity index (χ4n) is 13.5.